The number of rotatable bonds is 6. The van der Waals surface area contributed by atoms with Crippen molar-refractivity contribution < 1.29 is 14.1 Å². The van der Waals surface area contributed by atoms with Crippen LogP contribution < -0.4 is 5.32 Å². The van der Waals surface area contributed by atoms with Crippen LogP contribution in [0.25, 0.3) is 0 Å². The van der Waals surface area contributed by atoms with Crippen LogP contribution in [0.15, 0.2) is 18.2 Å². The number of nitro groups is 1. The topological polar surface area (TPSA) is 64.4 Å². The quantitative estimate of drug-likeness (QED) is 0.460. The molecule has 6 heteroatoms. The highest BCUT2D eigenvalue weighted by atomic mass is 19.1. The van der Waals surface area contributed by atoms with E-state index in [1.54, 1.807) is 0 Å². The summed E-state index contributed by atoms with van der Waals surface area (Å²) in [4.78, 5) is 9.73. The van der Waals surface area contributed by atoms with Crippen molar-refractivity contribution >= 4 is 11.4 Å². The highest BCUT2D eigenvalue weighted by molar-refractivity contribution is 5.50. The molecule has 0 heterocycles. The average Bonchev–Trinajstić information content (AvgIpc) is 2.26. The van der Waals surface area contributed by atoms with Gasteiger partial charge in [-0.25, -0.2) is 4.39 Å². The second kappa shape index (κ2) is 6.02. The summed E-state index contributed by atoms with van der Waals surface area (Å²) in [5, 5.41) is 13.2. The van der Waals surface area contributed by atoms with Gasteiger partial charge in [-0.15, -0.1) is 0 Å². The molecule has 1 aromatic carbocycles. The van der Waals surface area contributed by atoms with Crippen molar-refractivity contribution in [1.29, 1.82) is 0 Å². The standard InChI is InChI=1S/C10H13FN2O3/c1-2-16-6-5-12-10-4-3-8(13(14)15)7-9(10)11/h3-4,7,12H,2,5-6H2,1H3. The Balaban J connectivity index is 2.57. The van der Waals surface area contributed by atoms with Gasteiger partial charge in [0, 0.05) is 19.2 Å². The Hall–Kier alpha value is -1.69. The molecule has 0 aliphatic heterocycles. The maximum atomic E-state index is 13.3. The van der Waals surface area contributed by atoms with E-state index in [9.17, 15) is 14.5 Å². The van der Waals surface area contributed by atoms with Crippen LogP contribution in [0.4, 0.5) is 15.8 Å². The summed E-state index contributed by atoms with van der Waals surface area (Å²) < 4.78 is 18.4. The van der Waals surface area contributed by atoms with E-state index in [2.05, 4.69) is 5.32 Å². The minimum atomic E-state index is -0.634. The number of nitrogens with zero attached hydrogens (tertiary/aromatic N) is 1. The molecule has 0 aliphatic rings. The molecule has 1 aromatic rings. The number of ether oxygens (including phenoxy) is 1. The Kier molecular flexibility index (Phi) is 4.65. The van der Waals surface area contributed by atoms with Crippen LogP contribution >= 0.6 is 0 Å². The molecule has 0 atom stereocenters. The van der Waals surface area contributed by atoms with Crippen molar-refractivity contribution in [2.75, 3.05) is 25.1 Å². The molecule has 0 aromatic heterocycles. The molecule has 1 rings (SSSR count). The van der Waals surface area contributed by atoms with Crippen molar-refractivity contribution in [2.45, 2.75) is 6.92 Å². The summed E-state index contributed by atoms with van der Waals surface area (Å²) in [5.74, 6) is -0.634. The Morgan fingerprint density at radius 1 is 1.56 bits per heavy atom. The first kappa shape index (κ1) is 12.4. The lowest BCUT2D eigenvalue weighted by atomic mass is 10.2. The second-order valence-electron chi connectivity index (χ2n) is 3.04. The summed E-state index contributed by atoms with van der Waals surface area (Å²) >= 11 is 0. The first-order valence-corrected chi connectivity index (χ1v) is 4.90. The number of benzene rings is 1. The lowest BCUT2D eigenvalue weighted by Crippen LogP contribution is -2.10. The van der Waals surface area contributed by atoms with Crippen LogP contribution in [0.5, 0.6) is 0 Å². The number of hydrogen-bond donors (Lipinski definition) is 1. The van der Waals surface area contributed by atoms with E-state index in [0.717, 1.165) is 6.07 Å². The van der Waals surface area contributed by atoms with Gasteiger partial charge in [0.25, 0.3) is 5.69 Å². The lowest BCUT2D eigenvalue weighted by molar-refractivity contribution is -0.385. The average molecular weight is 228 g/mol. The van der Waals surface area contributed by atoms with Gasteiger partial charge in [-0.2, -0.15) is 0 Å². The highest BCUT2D eigenvalue weighted by Gasteiger charge is 2.09. The van der Waals surface area contributed by atoms with Gasteiger partial charge < -0.3 is 10.1 Å². The SMILES string of the molecule is CCOCCNc1ccc([N+](=O)[O-])cc1F. The smallest absolute Gasteiger partial charge is 0.272 e. The zero-order valence-electron chi connectivity index (χ0n) is 8.90. The number of hydrogen-bond acceptors (Lipinski definition) is 4. The van der Waals surface area contributed by atoms with Crippen LogP contribution in [-0.4, -0.2) is 24.7 Å². The summed E-state index contributed by atoms with van der Waals surface area (Å²) in [7, 11) is 0. The molecule has 0 saturated heterocycles. The molecule has 88 valence electrons. The zero-order valence-corrected chi connectivity index (χ0v) is 8.90. The number of nitrogens with one attached hydrogen (secondary N) is 1. The van der Waals surface area contributed by atoms with Crippen LogP contribution in [0, 0.1) is 15.9 Å². The molecule has 0 saturated carbocycles. The third-order valence-corrected chi connectivity index (χ3v) is 1.93. The Morgan fingerprint density at radius 2 is 2.31 bits per heavy atom. The van der Waals surface area contributed by atoms with Crippen molar-refractivity contribution in [3.63, 3.8) is 0 Å². The molecule has 5 nitrogen and oxygen atoms in total. The molecule has 0 bridgehead atoms. The van der Waals surface area contributed by atoms with Gasteiger partial charge >= 0.3 is 0 Å². The van der Waals surface area contributed by atoms with E-state index in [1.807, 2.05) is 6.92 Å². The third kappa shape index (κ3) is 3.47. The van der Waals surface area contributed by atoms with Crippen molar-refractivity contribution in [3.05, 3.63) is 34.1 Å². The van der Waals surface area contributed by atoms with E-state index in [0.29, 0.717) is 19.8 Å². The summed E-state index contributed by atoms with van der Waals surface area (Å²) in [6.45, 7) is 3.40. The van der Waals surface area contributed by atoms with Gasteiger partial charge in [0.1, 0.15) is 0 Å². The minimum absolute atomic E-state index is 0.241. The predicted molar refractivity (Wildman–Crippen MR) is 58.0 cm³/mol. The summed E-state index contributed by atoms with van der Waals surface area (Å²) in [5.41, 5.74) is -0.0156. The molecule has 0 amide bonds. The van der Waals surface area contributed by atoms with Gasteiger partial charge in [-0.1, -0.05) is 0 Å². The van der Waals surface area contributed by atoms with E-state index < -0.39 is 10.7 Å². The zero-order chi connectivity index (χ0) is 12.0. The Morgan fingerprint density at radius 3 is 2.88 bits per heavy atom. The molecule has 1 N–H and O–H groups in total. The first-order chi connectivity index (χ1) is 7.65. The number of anilines is 1. The molecular formula is C10H13FN2O3. The fourth-order valence-electron chi connectivity index (χ4n) is 1.16. The maximum absolute atomic E-state index is 13.3. The van der Waals surface area contributed by atoms with Crippen LogP contribution in [0.3, 0.4) is 0 Å². The molecule has 0 fully saturated rings. The maximum Gasteiger partial charge on any atom is 0.272 e. The predicted octanol–water partition coefficient (Wildman–Crippen LogP) is 2.18. The molecule has 0 spiro atoms. The molecule has 0 unspecified atom stereocenters. The van der Waals surface area contributed by atoms with Crippen molar-refractivity contribution in [1.82, 2.24) is 0 Å². The van der Waals surface area contributed by atoms with E-state index in [4.69, 9.17) is 4.74 Å². The largest absolute Gasteiger partial charge is 0.380 e. The molecule has 0 radical (unpaired) electrons. The highest BCUT2D eigenvalue weighted by Crippen LogP contribution is 2.19. The van der Waals surface area contributed by atoms with Crippen LogP contribution in [0.2, 0.25) is 0 Å². The van der Waals surface area contributed by atoms with Crippen molar-refractivity contribution in [2.24, 2.45) is 0 Å². The fraction of sp³-hybridized carbons (Fsp3) is 0.400. The lowest BCUT2D eigenvalue weighted by Gasteiger charge is -2.06. The van der Waals surface area contributed by atoms with E-state index >= 15 is 0 Å². The minimum Gasteiger partial charge on any atom is -0.380 e. The van der Waals surface area contributed by atoms with E-state index in [1.165, 1.54) is 12.1 Å². The second-order valence-corrected chi connectivity index (χ2v) is 3.04. The summed E-state index contributed by atoms with van der Waals surface area (Å²) in [6, 6.07) is 3.49. The molecule has 16 heavy (non-hydrogen) atoms. The van der Waals surface area contributed by atoms with Crippen molar-refractivity contribution in [3.8, 4) is 0 Å². The normalized spacial score (nSPS) is 10.1. The van der Waals surface area contributed by atoms with Crippen LogP contribution in [-0.2, 0) is 4.74 Å². The third-order valence-electron chi connectivity index (χ3n) is 1.93. The number of nitro benzene ring substituents is 1. The van der Waals surface area contributed by atoms with Crippen LogP contribution in [0.1, 0.15) is 6.92 Å². The Bertz CT molecular complexity index is 371. The van der Waals surface area contributed by atoms with E-state index in [-0.39, 0.29) is 11.4 Å². The number of non-ortho nitro benzene ring substituents is 1. The first-order valence-electron chi connectivity index (χ1n) is 4.90. The molecule has 0 aliphatic carbocycles. The monoisotopic (exact) mass is 228 g/mol. The number of halogens is 1. The van der Waals surface area contributed by atoms with Gasteiger partial charge in [0.2, 0.25) is 0 Å². The van der Waals surface area contributed by atoms with Gasteiger partial charge in [0.05, 0.1) is 23.3 Å². The van der Waals surface area contributed by atoms with Gasteiger partial charge in [-0.3, -0.25) is 10.1 Å². The fourth-order valence-corrected chi connectivity index (χ4v) is 1.16. The van der Waals surface area contributed by atoms with Gasteiger partial charge in [0.15, 0.2) is 5.82 Å². The summed E-state index contributed by atoms with van der Waals surface area (Å²) in [6.07, 6.45) is 0. The van der Waals surface area contributed by atoms with Gasteiger partial charge in [-0.05, 0) is 13.0 Å². The Labute approximate surface area is 92.4 Å². The molecular weight excluding hydrogens is 215 g/mol.